The third-order valence-corrected chi connectivity index (χ3v) is 4.62. The highest BCUT2D eigenvalue weighted by Gasteiger charge is 2.09. The lowest BCUT2D eigenvalue weighted by Crippen LogP contribution is -2.17. The maximum Gasteiger partial charge on any atom is 0.161 e. The van der Waals surface area contributed by atoms with Gasteiger partial charge in [0, 0.05) is 17.5 Å². The van der Waals surface area contributed by atoms with Gasteiger partial charge in [-0.15, -0.1) is 11.3 Å². The van der Waals surface area contributed by atoms with Crippen molar-refractivity contribution in [2.45, 2.75) is 19.5 Å². The Morgan fingerprint density at radius 1 is 1.27 bits per heavy atom. The Bertz CT molecular complexity index is 603. The van der Waals surface area contributed by atoms with Gasteiger partial charge in [0.2, 0.25) is 0 Å². The van der Waals surface area contributed by atoms with Gasteiger partial charge in [-0.05, 0) is 36.8 Å². The molecular weight excluding hydrogens is 322 g/mol. The minimum Gasteiger partial charge on any atom is -0.493 e. The smallest absolute Gasteiger partial charge is 0.161 e. The molecule has 1 heterocycles. The number of rotatable bonds is 8. The molecule has 1 atom stereocenters. The Morgan fingerprint density at radius 2 is 2.09 bits per heavy atom. The van der Waals surface area contributed by atoms with Crippen molar-refractivity contribution in [3.63, 3.8) is 0 Å². The maximum atomic E-state index is 8.82. The average Bonchev–Trinajstić information content (AvgIpc) is 2.97. The van der Waals surface area contributed by atoms with Crippen molar-refractivity contribution in [1.29, 1.82) is 0 Å². The molecule has 1 aromatic carbocycles. The second-order valence-corrected chi connectivity index (χ2v) is 6.55. The van der Waals surface area contributed by atoms with Gasteiger partial charge in [0.1, 0.15) is 6.61 Å². The zero-order chi connectivity index (χ0) is 15.9. The number of methoxy groups -OCH3 is 1. The van der Waals surface area contributed by atoms with Gasteiger partial charge in [0.25, 0.3) is 0 Å². The highest BCUT2D eigenvalue weighted by atomic mass is 35.5. The first kappa shape index (κ1) is 17.1. The van der Waals surface area contributed by atoms with E-state index in [1.54, 1.807) is 18.4 Å². The van der Waals surface area contributed by atoms with Crippen molar-refractivity contribution in [2.75, 3.05) is 20.3 Å². The molecule has 2 N–H and O–H groups in total. The molecule has 0 saturated heterocycles. The van der Waals surface area contributed by atoms with E-state index < -0.39 is 0 Å². The maximum absolute atomic E-state index is 8.82. The van der Waals surface area contributed by atoms with Crippen LogP contribution >= 0.6 is 22.9 Å². The summed E-state index contributed by atoms with van der Waals surface area (Å²) in [5.74, 6) is 1.30. The van der Waals surface area contributed by atoms with Crippen molar-refractivity contribution in [3.8, 4) is 11.5 Å². The first-order valence-corrected chi connectivity index (χ1v) is 8.22. The van der Waals surface area contributed by atoms with Crippen LogP contribution in [0, 0.1) is 0 Å². The van der Waals surface area contributed by atoms with Crippen molar-refractivity contribution < 1.29 is 14.6 Å². The predicted octanol–water partition coefficient (Wildman–Crippen LogP) is 3.63. The zero-order valence-electron chi connectivity index (χ0n) is 12.6. The van der Waals surface area contributed by atoms with Crippen LogP contribution in [0.3, 0.4) is 0 Å². The van der Waals surface area contributed by atoms with Gasteiger partial charge in [-0.2, -0.15) is 0 Å². The summed E-state index contributed by atoms with van der Waals surface area (Å²) in [5, 5.41) is 12.3. The zero-order valence-corrected chi connectivity index (χ0v) is 14.2. The van der Waals surface area contributed by atoms with Gasteiger partial charge in [-0.1, -0.05) is 17.7 Å². The second kappa shape index (κ2) is 8.39. The van der Waals surface area contributed by atoms with E-state index >= 15 is 0 Å². The Labute approximate surface area is 139 Å². The lowest BCUT2D eigenvalue weighted by Gasteiger charge is -2.14. The number of aliphatic hydroxyl groups is 1. The first-order valence-electron chi connectivity index (χ1n) is 7.03. The molecule has 0 saturated carbocycles. The Kier molecular flexibility index (Phi) is 6.51. The minimum absolute atomic E-state index is 0.0205. The minimum atomic E-state index is -0.0205. The Morgan fingerprint density at radius 3 is 2.73 bits per heavy atom. The topological polar surface area (TPSA) is 50.7 Å². The largest absolute Gasteiger partial charge is 0.493 e. The van der Waals surface area contributed by atoms with E-state index in [1.807, 2.05) is 30.3 Å². The molecule has 0 aliphatic rings. The van der Waals surface area contributed by atoms with Crippen LogP contribution in [-0.4, -0.2) is 25.4 Å². The molecule has 22 heavy (non-hydrogen) atoms. The molecule has 0 fully saturated rings. The highest BCUT2D eigenvalue weighted by molar-refractivity contribution is 7.16. The van der Waals surface area contributed by atoms with Gasteiger partial charge in [-0.3, -0.25) is 0 Å². The fraction of sp³-hybridized carbons (Fsp3) is 0.375. The summed E-state index contributed by atoms with van der Waals surface area (Å²) in [6.45, 7) is 3.06. The number of nitrogens with one attached hydrogen (secondary N) is 1. The molecular formula is C16H20ClNO3S. The molecule has 0 amide bonds. The fourth-order valence-electron chi connectivity index (χ4n) is 2.03. The van der Waals surface area contributed by atoms with Gasteiger partial charge >= 0.3 is 0 Å². The number of hydrogen-bond acceptors (Lipinski definition) is 5. The first-order chi connectivity index (χ1) is 10.6. The lowest BCUT2D eigenvalue weighted by molar-refractivity contribution is 0.196. The van der Waals surface area contributed by atoms with E-state index in [1.165, 1.54) is 4.88 Å². The standard InChI is InChI=1S/C16H20ClNO3S/c1-11(15-5-6-16(17)22-15)18-10-12-3-4-13(21-8-7-19)14(9-12)20-2/h3-6,9,11,18-19H,7-8,10H2,1-2H3. The number of thiophene rings is 1. The molecule has 1 aromatic heterocycles. The quantitative estimate of drug-likeness (QED) is 0.769. The number of benzene rings is 1. The van der Waals surface area contributed by atoms with E-state index in [-0.39, 0.29) is 19.3 Å². The second-order valence-electron chi connectivity index (χ2n) is 4.80. The molecule has 0 aliphatic carbocycles. The van der Waals surface area contributed by atoms with Gasteiger partial charge in [0.05, 0.1) is 18.1 Å². The number of ether oxygens (including phenoxy) is 2. The van der Waals surface area contributed by atoms with Crippen molar-refractivity contribution >= 4 is 22.9 Å². The van der Waals surface area contributed by atoms with Crippen LogP contribution in [0.4, 0.5) is 0 Å². The summed E-state index contributed by atoms with van der Waals surface area (Å²) in [6, 6.07) is 9.96. The number of hydrogen-bond donors (Lipinski definition) is 2. The molecule has 6 heteroatoms. The predicted molar refractivity (Wildman–Crippen MR) is 90.2 cm³/mol. The third-order valence-electron chi connectivity index (χ3n) is 3.21. The third kappa shape index (κ3) is 4.61. The lowest BCUT2D eigenvalue weighted by atomic mass is 10.2. The van der Waals surface area contributed by atoms with Crippen molar-refractivity contribution in [2.24, 2.45) is 0 Å². The van der Waals surface area contributed by atoms with Crippen LogP contribution in [0.1, 0.15) is 23.4 Å². The molecule has 0 bridgehead atoms. The summed E-state index contributed by atoms with van der Waals surface area (Å²) in [5.41, 5.74) is 1.10. The summed E-state index contributed by atoms with van der Waals surface area (Å²) >= 11 is 7.55. The van der Waals surface area contributed by atoms with Crippen molar-refractivity contribution in [3.05, 3.63) is 45.1 Å². The van der Waals surface area contributed by atoms with Crippen LogP contribution in [0.2, 0.25) is 4.34 Å². The summed E-state index contributed by atoms with van der Waals surface area (Å²) in [4.78, 5) is 1.21. The fourth-order valence-corrected chi connectivity index (χ4v) is 3.12. The van der Waals surface area contributed by atoms with Gasteiger partial charge < -0.3 is 19.9 Å². The average molecular weight is 342 g/mol. The summed E-state index contributed by atoms with van der Waals surface area (Å²) in [6.07, 6.45) is 0. The van der Waals surface area contributed by atoms with Gasteiger partial charge in [-0.25, -0.2) is 0 Å². The molecule has 120 valence electrons. The molecule has 4 nitrogen and oxygen atoms in total. The van der Waals surface area contributed by atoms with Crippen molar-refractivity contribution in [1.82, 2.24) is 5.32 Å². The van der Waals surface area contributed by atoms with E-state index in [2.05, 4.69) is 12.2 Å². The molecule has 0 spiro atoms. The highest BCUT2D eigenvalue weighted by Crippen LogP contribution is 2.29. The molecule has 0 radical (unpaired) electrons. The van der Waals surface area contributed by atoms with Crippen LogP contribution in [0.25, 0.3) is 0 Å². The number of halogens is 1. The van der Waals surface area contributed by atoms with Gasteiger partial charge in [0.15, 0.2) is 11.5 Å². The summed E-state index contributed by atoms with van der Waals surface area (Å²) in [7, 11) is 1.61. The molecule has 2 aromatic rings. The monoisotopic (exact) mass is 341 g/mol. The van der Waals surface area contributed by atoms with E-state index in [0.29, 0.717) is 18.0 Å². The number of aliphatic hydroxyl groups excluding tert-OH is 1. The Hall–Kier alpha value is -1.27. The van der Waals surface area contributed by atoms with Crippen LogP contribution in [0.15, 0.2) is 30.3 Å². The summed E-state index contributed by atoms with van der Waals surface area (Å²) < 4.78 is 11.6. The normalized spacial score (nSPS) is 12.2. The van der Waals surface area contributed by atoms with E-state index in [0.717, 1.165) is 9.90 Å². The van der Waals surface area contributed by atoms with E-state index in [4.69, 9.17) is 26.2 Å². The van der Waals surface area contributed by atoms with E-state index in [9.17, 15) is 0 Å². The SMILES string of the molecule is COc1cc(CNC(C)c2ccc(Cl)s2)ccc1OCCO. The van der Waals surface area contributed by atoms with Crippen LogP contribution in [-0.2, 0) is 6.54 Å². The molecule has 2 rings (SSSR count). The molecule has 1 unspecified atom stereocenters. The van der Waals surface area contributed by atoms with Crippen LogP contribution in [0.5, 0.6) is 11.5 Å². The van der Waals surface area contributed by atoms with Crippen LogP contribution < -0.4 is 14.8 Å². The Balaban J connectivity index is 1.97. The molecule has 0 aliphatic heterocycles.